The van der Waals surface area contributed by atoms with Crippen molar-refractivity contribution >= 4 is 23.7 Å². The van der Waals surface area contributed by atoms with Gasteiger partial charge in [0, 0.05) is 13.1 Å². The molecule has 2 atom stereocenters. The molecule has 0 bridgehead atoms. The van der Waals surface area contributed by atoms with Crippen molar-refractivity contribution in [2.24, 2.45) is 11.8 Å². The number of nitrogens with one attached hydrogen (secondary N) is 1. The first-order valence-electron chi connectivity index (χ1n) is 10.1. The van der Waals surface area contributed by atoms with E-state index in [1.54, 1.807) is 18.2 Å². The molecule has 31 heavy (non-hydrogen) atoms. The van der Waals surface area contributed by atoms with Crippen LogP contribution in [0.15, 0.2) is 30.4 Å². The number of carbonyl (C=O) groups is 4. The molecule has 1 saturated heterocycles. The Balaban J connectivity index is 1.39. The second-order valence-electron chi connectivity index (χ2n) is 7.36. The number of amides is 3. The Hall–Kier alpha value is -3.36. The first-order valence-corrected chi connectivity index (χ1v) is 10.1. The van der Waals surface area contributed by atoms with Crippen LogP contribution in [-0.2, 0) is 30.5 Å². The van der Waals surface area contributed by atoms with Crippen LogP contribution in [-0.4, -0.2) is 56.0 Å². The summed E-state index contributed by atoms with van der Waals surface area (Å²) in [5, 5.41) is 2.65. The summed E-state index contributed by atoms with van der Waals surface area (Å²) >= 11 is 0. The summed E-state index contributed by atoms with van der Waals surface area (Å²) in [6.07, 6.45) is 4.77. The first-order chi connectivity index (χ1) is 14.9. The predicted molar refractivity (Wildman–Crippen MR) is 109 cm³/mol. The third kappa shape index (κ3) is 5.22. The lowest BCUT2D eigenvalue weighted by atomic mass is 9.85. The number of methoxy groups -OCH3 is 2. The zero-order chi connectivity index (χ0) is 22.4. The molecule has 1 aliphatic carbocycles. The van der Waals surface area contributed by atoms with Gasteiger partial charge in [0.15, 0.2) is 18.1 Å². The minimum atomic E-state index is -0.644. The van der Waals surface area contributed by atoms with Crippen molar-refractivity contribution in [3.8, 4) is 11.5 Å². The first kappa shape index (κ1) is 22.3. The van der Waals surface area contributed by atoms with Crippen molar-refractivity contribution in [1.82, 2.24) is 10.2 Å². The van der Waals surface area contributed by atoms with Gasteiger partial charge in [-0.3, -0.25) is 24.1 Å². The summed E-state index contributed by atoms with van der Waals surface area (Å²) in [6, 6.07) is 5.25. The maximum atomic E-state index is 12.4. The average molecular weight is 430 g/mol. The fraction of sp³-hybridized carbons (Fsp3) is 0.455. The van der Waals surface area contributed by atoms with Gasteiger partial charge in [0.05, 0.1) is 32.5 Å². The third-order valence-corrected chi connectivity index (χ3v) is 5.44. The van der Waals surface area contributed by atoms with Crippen molar-refractivity contribution in [2.75, 3.05) is 27.4 Å². The third-order valence-electron chi connectivity index (χ3n) is 5.44. The molecule has 1 fully saturated rings. The van der Waals surface area contributed by atoms with Crippen LogP contribution in [0.1, 0.15) is 24.8 Å². The molecule has 1 aliphatic heterocycles. The zero-order valence-electron chi connectivity index (χ0n) is 17.6. The van der Waals surface area contributed by atoms with E-state index in [4.69, 9.17) is 14.2 Å². The molecule has 0 spiro atoms. The quantitative estimate of drug-likeness (QED) is 0.356. The lowest BCUT2D eigenvalue weighted by Crippen LogP contribution is -2.34. The number of benzene rings is 1. The average Bonchev–Trinajstić information content (AvgIpc) is 3.04. The van der Waals surface area contributed by atoms with E-state index >= 15 is 0 Å². The lowest BCUT2D eigenvalue weighted by molar-refractivity contribution is -0.150. The Kier molecular flexibility index (Phi) is 7.28. The Morgan fingerprint density at radius 3 is 2.29 bits per heavy atom. The number of esters is 1. The van der Waals surface area contributed by atoms with Gasteiger partial charge in [-0.15, -0.1) is 0 Å². The van der Waals surface area contributed by atoms with Crippen LogP contribution in [0, 0.1) is 11.8 Å². The molecule has 0 aromatic heterocycles. The van der Waals surface area contributed by atoms with Crippen LogP contribution in [0.25, 0.3) is 0 Å². The van der Waals surface area contributed by atoms with E-state index in [1.165, 1.54) is 14.2 Å². The maximum Gasteiger partial charge on any atom is 0.308 e. The molecular weight excluding hydrogens is 404 g/mol. The van der Waals surface area contributed by atoms with Crippen LogP contribution in [0.3, 0.4) is 0 Å². The van der Waals surface area contributed by atoms with Gasteiger partial charge < -0.3 is 19.5 Å². The fourth-order valence-corrected chi connectivity index (χ4v) is 3.75. The van der Waals surface area contributed by atoms with E-state index in [-0.39, 0.29) is 43.2 Å². The second-order valence-corrected chi connectivity index (χ2v) is 7.36. The summed E-state index contributed by atoms with van der Waals surface area (Å²) in [4.78, 5) is 49.8. The summed E-state index contributed by atoms with van der Waals surface area (Å²) in [5.41, 5.74) is 0.791. The van der Waals surface area contributed by atoms with Gasteiger partial charge in [-0.2, -0.15) is 0 Å². The van der Waals surface area contributed by atoms with Gasteiger partial charge in [0.2, 0.25) is 11.8 Å². The molecule has 0 saturated carbocycles. The van der Waals surface area contributed by atoms with E-state index < -0.39 is 18.5 Å². The van der Waals surface area contributed by atoms with Crippen molar-refractivity contribution < 1.29 is 33.4 Å². The van der Waals surface area contributed by atoms with E-state index in [0.717, 1.165) is 10.5 Å². The number of nitrogens with zero attached hydrogens (tertiary/aromatic N) is 1. The summed E-state index contributed by atoms with van der Waals surface area (Å²) in [7, 11) is 3.06. The predicted octanol–water partition coefficient (Wildman–Crippen LogP) is 1.20. The van der Waals surface area contributed by atoms with Crippen molar-refractivity contribution in [1.29, 1.82) is 0 Å². The highest BCUT2D eigenvalue weighted by Crippen LogP contribution is 2.35. The number of hydrogen-bond acceptors (Lipinski definition) is 7. The summed E-state index contributed by atoms with van der Waals surface area (Å²) < 4.78 is 15.3. The summed E-state index contributed by atoms with van der Waals surface area (Å²) in [6.45, 7) is -0.246. The molecule has 9 heteroatoms. The van der Waals surface area contributed by atoms with E-state index in [0.29, 0.717) is 24.3 Å². The molecule has 1 aromatic carbocycles. The molecule has 1 heterocycles. The smallest absolute Gasteiger partial charge is 0.308 e. The standard InChI is InChI=1S/C22H26N2O7/c1-29-17-8-7-14(11-18(17)30-2)12-23-19(25)13-31-20(26)9-10-24-21(27)15-5-3-4-6-16(15)22(24)28/h3-4,7-8,11,15-16H,5-6,9-10,12-13H2,1-2H3,(H,23,25)/t15-,16-/m0/s1. The van der Waals surface area contributed by atoms with Gasteiger partial charge in [-0.1, -0.05) is 18.2 Å². The van der Waals surface area contributed by atoms with E-state index in [2.05, 4.69) is 5.32 Å². The van der Waals surface area contributed by atoms with Crippen LogP contribution >= 0.6 is 0 Å². The SMILES string of the molecule is COc1ccc(CNC(=O)COC(=O)CCN2C(=O)[C@H]3CC=CC[C@@H]3C2=O)cc1OC. The monoisotopic (exact) mass is 430 g/mol. The minimum absolute atomic E-state index is 0.0310. The molecule has 1 N–H and O–H groups in total. The minimum Gasteiger partial charge on any atom is -0.493 e. The van der Waals surface area contributed by atoms with Gasteiger partial charge in [0.25, 0.3) is 5.91 Å². The van der Waals surface area contributed by atoms with Crippen molar-refractivity contribution in [2.45, 2.75) is 25.8 Å². The number of imide groups is 1. The topological polar surface area (TPSA) is 111 Å². The van der Waals surface area contributed by atoms with Gasteiger partial charge in [-0.05, 0) is 30.5 Å². The van der Waals surface area contributed by atoms with Crippen molar-refractivity contribution in [3.05, 3.63) is 35.9 Å². The molecule has 3 amide bonds. The number of rotatable bonds is 9. The number of ether oxygens (including phenoxy) is 3. The maximum absolute atomic E-state index is 12.4. The number of likely N-dealkylation sites (tertiary alicyclic amines) is 1. The Morgan fingerprint density at radius 1 is 1.03 bits per heavy atom. The summed E-state index contributed by atoms with van der Waals surface area (Å²) in [5.74, 6) is -1.10. The fourth-order valence-electron chi connectivity index (χ4n) is 3.75. The molecule has 0 unspecified atom stereocenters. The molecular formula is C22H26N2O7. The highest BCUT2D eigenvalue weighted by molar-refractivity contribution is 6.05. The lowest BCUT2D eigenvalue weighted by Gasteiger charge is -2.14. The molecule has 0 radical (unpaired) electrons. The largest absolute Gasteiger partial charge is 0.493 e. The van der Waals surface area contributed by atoms with Crippen LogP contribution in [0.5, 0.6) is 11.5 Å². The number of allylic oxidation sites excluding steroid dienone is 2. The van der Waals surface area contributed by atoms with Gasteiger partial charge in [-0.25, -0.2) is 0 Å². The highest BCUT2D eigenvalue weighted by Gasteiger charge is 2.46. The number of hydrogen-bond donors (Lipinski definition) is 1. The Morgan fingerprint density at radius 2 is 1.68 bits per heavy atom. The van der Waals surface area contributed by atoms with Crippen molar-refractivity contribution in [3.63, 3.8) is 0 Å². The van der Waals surface area contributed by atoms with E-state index in [9.17, 15) is 19.2 Å². The zero-order valence-corrected chi connectivity index (χ0v) is 17.6. The van der Waals surface area contributed by atoms with Crippen LogP contribution in [0.4, 0.5) is 0 Å². The molecule has 1 aromatic rings. The van der Waals surface area contributed by atoms with E-state index in [1.807, 2.05) is 12.2 Å². The Bertz CT molecular complexity index is 870. The molecule has 2 aliphatic rings. The van der Waals surface area contributed by atoms with Gasteiger partial charge >= 0.3 is 5.97 Å². The number of fused-ring (bicyclic) bond motifs is 1. The Labute approximate surface area is 180 Å². The highest BCUT2D eigenvalue weighted by atomic mass is 16.5. The molecule has 9 nitrogen and oxygen atoms in total. The number of carbonyl (C=O) groups excluding carboxylic acids is 4. The second kappa shape index (κ2) is 10.1. The normalized spacial score (nSPS) is 19.7. The van der Waals surface area contributed by atoms with Gasteiger partial charge in [0.1, 0.15) is 0 Å². The van der Waals surface area contributed by atoms with Crippen LogP contribution < -0.4 is 14.8 Å². The molecule has 166 valence electrons. The molecule has 3 rings (SSSR count). The van der Waals surface area contributed by atoms with Crippen LogP contribution in [0.2, 0.25) is 0 Å².